The van der Waals surface area contributed by atoms with Gasteiger partial charge in [0.1, 0.15) is 50.8 Å². The zero-order valence-electron chi connectivity index (χ0n) is 16.9. The van der Waals surface area contributed by atoms with Gasteiger partial charge in [0.05, 0.1) is 13.7 Å². The maximum absolute atomic E-state index is 12.2. The second-order valence-corrected chi connectivity index (χ2v) is 7.79. The molecule has 1 saturated heterocycles. The summed E-state index contributed by atoms with van der Waals surface area (Å²) in [5.74, 6) is 1.73. The number of benzene rings is 2. The Labute approximate surface area is 177 Å². The normalized spacial score (nSPS) is 18.8. The van der Waals surface area contributed by atoms with Gasteiger partial charge in [-0.05, 0) is 48.5 Å². The lowest BCUT2D eigenvalue weighted by molar-refractivity contribution is -1.02. The van der Waals surface area contributed by atoms with Crippen molar-refractivity contribution in [2.24, 2.45) is 0 Å². The quantitative estimate of drug-likeness (QED) is 0.495. The van der Waals surface area contributed by atoms with Gasteiger partial charge in [-0.15, -0.1) is 0 Å². The molecule has 0 bridgehead atoms. The average molecular weight is 420 g/mol. The van der Waals surface area contributed by atoms with E-state index in [0.717, 1.165) is 44.2 Å². The molecule has 156 valence electrons. The van der Waals surface area contributed by atoms with Crippen LogP contribution < -0.4 is 24.6 Å². The minimum absolute atomic E-state index is 0.0818. The number of methoxy groups -OCH3 is 1. The van der Waals surface area contributed by atoms with Gasteiger partial charge in [-0.1, -0.05) is 11.6 Å². The molecule has 3 N–H and O–H groups in total. The van der Waals surface area contributed by atoms with Crippen molar-refractivity contribution in [3.8, 4) is 11.5 Å². The summed E-state index contributed by atoms with van der Waals surface area (Å²) in [4.78, 5) is 15.1. The minimum atomic E-state index is 0.0818. The summed E-state index contributed by atoms with van der Waals surface area (Å²) < 4.78 is 10.8. The van der Waals surface area contributed by atoms with Gasteiger partial charge in [0.2, 0.25) is 0 Å². The van der Waals surface area contributed by atoms with E-state index in [0.29, 0.717) is 24.7 Å². The van der Waals surface area contributed by atoms with Crippen LogP contribution in [-0.4, -0.2) is 58.9 Å². The Morgan fingerprint density at radius 1 is 0.966 bits per heavy atom. The number of carbonyl (C=O) groups excluding carboxylic acids is 1. The zero-order valence-corrected chi connectivity index (χ0v) is 17.6. The van der Waals surface area contributed by atoms with Crippen LogP contribution in [0.4, 0.5) is 0 Å². The highest BCUT2D eigenvalue weighted by Crippen LogP contribution is 2.15. The van der Waals surface area contributed by atoms with Crippen LogP contribution in [0.15, 0.2) is 48.5 Å². The van der Waals surface area contributed by atoms with Crippen molar-refractivity contribution in [2.75, 3.05) is 53.0 Å². The first-order valence-electron chi connectivity index (χ1n) is 10.1. The molecule has 0 aliphatic carbocycles. The molecule has 0 spiro atoms. The number of amides is 1. The van der Waals surface area contributed by atoms with Gasteiger partial charge < -0.3 is 24.6 Å². The number of piperazine rings is 1. The number of rotatable bonds is 9. The van der Waals surface area contributed by atoms with Gasteiger partial charge in [0.15, 0.2) is 6.54 Å². The van der Waals surface area contributed by atoms with Crippen LogP contribution >= 0.6 is 11.6 Å². The monoisotopic (exact) mass is 419 g/mol. The molecule has 6 nitrogen and oxygen atoms in total. The van der Waals surface area contributed by atoms with Crippen molar-refractivity contribution in [3.05, 3.63) is 59.1 Å². The van der Waals surface area contributed by atoms with E-state index in [1.165, 1.54) is 10.5 Å². The lowest BCUT2D eigenvalue weighted by Crippen LogP contribution is -3.28. The third kappa shape index (κ3) is 7.24. The fourth-order valence-corrected chi connectivity index (χ4v) is 3.65. The fourth-order valence-electron chi connectivity index (χ4n) is 3.52. The topological polar surface area (TPSA) is 56.4 Å². The van der Waals surface area contributed by atoms with Crippen molar-refractivity contribution in [1.82, 2.24) is 5.32 Å². The summed E-state index contributed by atoms with van der Waals surface area (Å²) in [6.07, 6.45) is 0. The van der Waals surface area contributed by atoms with E-state index < -0.39 is 0 Å². The van der Waals surface area contributed by atoms with Crippen LogP contribution in [0, 0.1) is 0 Å². The van der Waals surface area contributed by atoms with E-state index in [-0.39, 0.29) is 5.91 Å². The number of nitrogens with one attached hydrogen (secondary N) is 3. The number of hydrogen-bond acceptors (Lipinski definition) is 3. The van der Waals surface area contributed by atoms with E-state index in [1.54, 1.807) is 24.1 Å². The molecule has 0 radical (unpaired) electrons. The summed E-state index contributed by atoms with van der Waals surface area (Å²) in [6.45, 7) is 6.68. The van der Waals surface area contributed by atoms with Crippen molar-refractivity contribution < 1.29 is 24.1 Å². The molecular formula is C22H30ClN3O3+2. The first kappa shape index (κ1) is 21.4. The molecule has 1 aliphatic heterocycles. The Bertz CT molecular complexity index is 760. The maximum Gasteiger partial charge on any atom is 0.275 e. The lowest BCUT2D eigenvalue weighted by Gasteiger charge is -2.29. The van der Waals surface area contributed by atoms with Gasteiger partial charge in [0, 0.05) is 10.6 Å². The predicted octanol–water partition coefficient (Wildman–Crippen LogP) is -0.173. The van der Waals surface area contributed by atoms with Gasteiger partial charge in [0.25, 0.3) is 5.91 Å². The molecule has 1 aliphatic rings. The first-order valence-corrected chi connectivity index (χ1v) is 10.5. The minimum Gasteiger partial charge on any atom is -0.497 e. The van der Waals surface area contributed by atoms with Gasteiger partial charge in [-0.3, -0.25) is 4.79 Å². The summed E-state index contributed by atoms with van der Waals surface area (Å²) in [6, 6.07) is 15.5. The first-order chi connectivity index (χ1) is 14.1. The van der Waals surface area contributed by atoms with Gasteiger partial charge >= 0.3 is 0 Å². The predicted molar refractivity (Wildman–Crippen MR) is 113 cm³/mol. The van der Waals surface area contributed by atoms with Crippen molar-refractivity contribution in [1.29, 1.82) is 0 Å². The van der Waals surface area contributed by atoms with Gasteiger partial charge in [-0.2, -0.15) is 0 Å². The molecule has 0 saturated carbocycles. The van der Waals surface area contributed by atoms with Crippen LogP contribution in [-0.2, 0) is 11.3 Å². The molecule has 1 fully saturated rings. The number of halogens is 1. The molecule has 0 atom stereocenters. The zero-order chi connectivity index (χ0) is 20.5. The Morgan fingerprint density at radius 3 is 2.24 bits per heavy atom. The van der Waals surface area contributed by atoms with Crippen molar-refractivity contribution in [2.45, 2.75) is 6.54 Å². The highest BCUT2D eigenvalue weighted by molar-refractivity contribution is 6.30. The van der Waals surface area contributed by atoms with Crippen LogP contribution in [0.3, 0.4) is 0 Å². The standard InChI is InChI=1S/C22H28ClN3O3/c1-28-20-6-2-18(3-7-20)16-25-11-13-26(14-12-25)17-22(27)24-10-15-29-21-8-4-19(23)5-9-21/h2-9H,10-17H2,1H3,(H,24,27)/p+2. The average Bonchev–Trinajstić information content (AvgIpc) is 2.74. The van der Waals surface area contributed by atoms with Gasteiger partial charge in [-0.25, -0.2) is 0 Å². The van der Waals surface area contributed by atoms with Crippen LogP contribution in [0.5, 0.6) is 11.5 Å². The molecular weight excluding hydrogens is 390 g/mol. The molecule has 0 unspecified atom stereocenters. The SMILES string of the molecule is COc1ccc(C[NH+]2CC[NH+](CC(=O)NCCOc3ccc(Cl)cc3)CC2)cc1. The number of quaternary nitrogens is 2. The molecule has 3 rings (SSSR count). The lowest BCUT2D eigenvalue weighted by atomic mass is 10.2. The highest BCUT2D eigenvalue weighted by atomic mass is 35.5. The van der Waals surface area contributed by atoms with E-state index in [2.05, 4.69) is 17.4 Å². The number of ether oxygens (including phenoxy) is 2. The fraction of sp³-hybridized carbons (Fsp3) is 0.409. The highest BCUT2D eigenvalue weighted by Gasteiger charge is 2.24. The molecule has 2 aromatic carbocycles. The maximum atomic E-state index is 12.2. The molecule has 1 heterocycles. The van der Waals surface area contributed by atoms with Crippen molar-refractivity contribution in [3.63, 3.8) is 0 Å². The van der Waals surface area contributed by atoms with Crippen LogP contribution in [0.2, 0.25) is 5.02 Å². The summed E-state index contributed by atoms with van der Waals surface area (Å²) in [5.41, 5.74) is 1.32. The molecule has 2 aromatic rings. The van der Waals surface area contributed by atoms with E-state index >= 15 is 0 Å². The summed E-state index contributed by atoms with van der Waals surface area (Å²) >= 11 is 5.85. The van der Waals surface area contributed by atoms with Crippen LogP contribution in [0.25, 0.3) is 0 Å². The smallest absolute Gasteiger partial charge is 0.275 e. The Hall–Kier alpha value is -2.28. The van der Waals surface area contributed by atoms with E-state index in [9.17, 15) is 4.79 Å². The third-order valence-electron chi connectivity index (χ3n) is 5.19. The van der Waals surface area contributed by atoms with E-state index in [4.69, 9.17) is 21.1 Å². The Morgan fingerprint density at radius 2 is 1.59 bits per heavy atom. The largest absolute Gasteiger partial charge is 0.497 e. The molecule has 1 amide bonds. The summed E-state index contributed by atoms with van der Waals surface area (Å²) in [5, 5.41) is 3.62. The molecule has 29 heavy (non-hydrogen) atoms. The Kier molecular flexibility index (Phi) is 8.16. The number of carbonyl (C=O) groups is 1. The Balaban J connectivity index is 1.29. The van der Waals surface area contributed by atoms with E-state index in [1.807, 2.05) is 24.3 Å². The van der Waals surface area contributed by atoms with Crippen molar-refractivity contribution >= 4 is 17.5 Å². The molecule has 7 heteroatoms. The second-order valence-electron chi connectivity index (χ2n) is 7.35. The number of hydrogen-bond donors (Lipinski definition) is 3. The molecule has 0 aromatic heterocycles. The summed E-state index contributed by atoms with van der Waals surface area (Å²) in [7, 11) is 1.69. The second kappa shape index (κ2) is 11.0. The third-order valence-corrected chi connectivity index (χ3v) is 5.45. The van der Waals surface area contributed by atoms with Crippen LogP contribution in [0.1, 0.15) is 5.56 Å².